The van der Waals surface area contributed by atoms with Gasteiger partial charge in [-0.15, -0.1) is 0 Å². The summed E-state index contributed by atoms with van der Waals surface area (Å²) in [6.07, 6.45) is 10.7. The molecule has 6 N–H and O–H groups in total. The number of phenolic OH excluding ortho intramolecular Hbond substituents is 1. The van der Waals surface area contributed by atoms with E-state index in [0.29, 0.717) is 37.2 Å². The van der Waals surface area contributed by atoms with Crippen LogP contribution in [-0.4, -0.2) is 97.4 Å². The van der Waals surface area contributed by atoms with E-state index in [4.69, 9.17) is 9.15 Å². The molecule has 4 aliphatic carbocycles. The van der Waals surface area contributed by atoms with Crippen LogP contribution in [-0.2, 0) is 9.53 Å². The van der Waals surface area contributed by atoms with Crippen LogP contribution in [0.4, 0.5) is 13.6 Å². The first-order valence-corrected chi connectivity index (χ1v) is 21.8. The molecule has 61 heavy (non-hydrogen) atoms. The van der Waals surface area contributed by atoms with Gasteiger partial charge in [0.2, 0.25) is 5.82 Å². The highest BCUT2D eigenvalue weighted by Gasteiger charge is 2.93. The van der Waals surface area contributed by atoms with Crippen molar-refractivity contribution in [1.82, 2.24) is 10.2 Å². The van der Waals surface area contributed by atoms with Crippen LogP contribution in [0.15, 0.2) is 44.6 Å². The quantitative estimate of drug-likeness (QED) is 0.0600. The third kappa shape index (κ3) is 7.30. The van der Waals surface area contributed by atoms with Gasteiger partial charge in [-0.3, -0.25) is 9.59 Å². The predicted octanol–water partition coefficient (Wildman–Crippen LogP) is 6.21. The van der Waals surface area contributed by atoms with Crippen molar-refractivity contribution in [3.63, 3.8) is 0 Å². The van der Waals surface area contributed by atoms with Gasteiger partial charge in [0.15, 0.2) is 28.5 Å². The largest absolute Gasteiger partial charge is 0.503 e. The zero-order valence-electron chi connectivity index (χ0n) is 36.1. The van der Waals surface area contributed by atoms with Gasteiger partial charge in [-0.05, 0) is 50.0 Å². The molecule has 1 aromatic heterocycles. The summed E-state index contributed by atoms with van der Waals surface area (Å²) in [4.78, 5) is 53.6. The molecule has 1 aromatic carbocycles. The molecular formula is C46H62F2N2O11. The van der Waals surface area contributed by atoms with Crippen molar-refractivity contribution >= 4 is 28.8 Å². The molecule has 15 heteroatoms. The van der Waals surface area contributed by atoms with Crippen LogP contribution in [0, 0.1) is 40.2 Å². The summed E-state index contributed by atoms with van der Waals surface area (Å²) in [5, 5.41) is 58.9. The van der Waals surface area contributed by atoms with Crippen LogP contribution in [0.3, 0.4) is 0 Å². The number of rotatable bonds is 17. The molecule has 0 spiro atoms. The van der Waals surface area contributed by atoms with E-state index in [9.17, 15) is 53.5 Å². The number of ether oxygens (including phenoxy) is 1. The Labute approximate surface area is 354 Å². The minimum absolute atomic E-state index is 0.148. The van der Waals surface area contributed by atoms with Gasteiger partial charge in [0.1, 0.15) is 17.3 Å². The van der Waals surface area contributed by atoms with Crippen LogP contribution >= 0.6 is 0 Å². The van der Waals surface area contributed by atoms with Crippen molar-refractivity contribution in [2.75, 3.05) is 26.2 Å². The van der Waals surface area contributed by atoms with E-state index in [0.717, 1.165) is 69.9 Å². The smallest absolute Gasteiger partial charge is 0.410 e. The number of benzene rings is 1. The Morgan fingerprint density at radius 1 is 0.951 bits per heavy atom. The fourth-order valence-electron chi connectivity index (χ4n) is 11.3. The predicted molar refractivity (Wildman–Crippen MR) is 222 cm³/mol. The average molecular weight is 857 g/mol. The molecule has 2 saturated carbocycles. The highest BCUT2D eigenvalue weighted by molar-refractivity contribution is 6.05. The second-order valence-electron chi connectivity index (χ2n) is 18.5. The molecule has 2 fully saturated rings. The van der Waals surface area contributed by atoms with Crippen molar-refractivity contribution in [2.45, 2.75) is 135 Å². The van der Waals surface area contributed by atoms with E-state index in [1.54, 1.807) is 30.9 Å². The van der Waals surface area contributed by atoms with Gasteiger partial charge in [-0.2, -0.15) is 4.39 Å². The molecule has 4 aliphatic rings. The fraction of sp³-hybridized carbons (Fsp3) is 0.652. The molecule has 2 amide bonds. The summed E-state index contributed by atoms with van der Waals surface area (Å²) in [6.45, 7) is 11.6. The van der Waals surface area contributed by atoms with E-state index in [1.165, 1.54) is 0 Å². The summed E-state index contributed by atoms with van der Waals surface area (Å²) in [7, 11) is 0. The minimum Gasteiger partial charge on any atom is -0.503 e. The number of nitrogens with one attached hydrogen (secondary N) is 1. The number of ketones is 1. The summed E-state index contributed by atoms with van der Waals surface area (Å²) < 4.78 is 39.1. The van der Waals surface area contributed by atoms with E-state index >= 15 is 0 Å². The van der Waals surface area contributed by atoms with E-state index in [2.05, 4.69) is 5.32 Å². The molecule has 13 nitrogen and oxygen atoms in total. The summed E-state index contributed by atoms with van der Waals surface area (Å²) >= 11 is 0. The van der Waals surface area contributed by atoms with Gasteiger partial charge >= 0.3 is 11.7 Å². The molecule has 0 radical (unpaired) electrons. The Bertz CT molecular complexity index is 2170. The van der Waals surface area contributed by atoms with E-state index in [-0.39, 0.29) is 17.4 Å². The molecule has 1 heterocycles. The Hall–Kier alpha value is -4.18. The fourth-order valence-corrected chi connectivity index (χ4v) is 11.3. The number of unbranched alkanes of at least 4 members (excludes halogenated alkanes) is 9. The van der Waals surface area contributed by atoms with E-state index < -0.39 is 104 Å². The number of aromatic hydroxyl groups is 1. The van der Waals surface area contributed by atoms with Crippen molar-refractivity contribution in [2.24, 2.45) is 28.6 Å². The molecule has 6 rings (SSSR count). The Balaban J connectivity index is 0.921. The molecule has 8 atom stereocenters. The van der Waals surface area contributed by atoms with Gasteiger partial charge in [-0.1, -0.05) is 91.2 Å². The lowest BCUT2D eigenvalue weighted by Gasteiger charge is -2.54. The minimum atomic E-state index is -1.97. The maximum absolute atomic E-state index is 14.1. The van der Waals surface area contributed by atoms with Crippen LogP contribution in [0.5, 0.6) is 5.75 Å². The maximum atomic E-state index is 14.1. The van der Waals surface area contributed by atoms with Crippen LogP contribution < -0.4 is 10.9 Å². The summed E-state index contributed by atoms with van der Waals surface area (Å²) in [5.41, 5.74) is -8.35. The molecule has 0 unspecified atom stereocenters. The van der Waals surface area contributed by atoms with Gasteiger partial charge in [0.05, 0.1) is 12.2 Å². The van der Waals surface area contributed by atoms with Gasteiger partial charge < -0.3 is 44.9 Å². The molecule has 2 aromatic rings. The second kappa shape index (κ2) is 17.2. The molecule has 0 saturated heterocycles. The SMILES string of the molecule is CCN(CCCCCCCCCCCCNC(=O)c1cc2cc(F)c(O)c(F)c2oc1=O)C(=O)O[C@@]12[C@H](O)[C@@H](C)[C@@]3(O)[C@@H](C=C(CO)C[C@]4(O)C(=O)C(C)=C[C@@H]34)[C@]1(C)C2(C)C. The first-order chi connectivity index (χ1) is 28.7. The van der Waals surface area contributed by atoms with Crippen LogP contribution in [0.1, 0.15) is 123 Å². The number of fused-ring (bicyclic) bond motifs is 6. The number of aliphatic hydroxyl groups is 4. The van der Waals surface area contributed by atoms with Gasteiger partial charge in [0.25, 0.3) is 5.91 Å². The standard InChI is InChI=1S/C46H62F2N2O11/c1-7-50(19-17-15-13-11-9-8-10-12-14-16-18-49-39(55)30-22-29-23-31(47)35(52)34(48)36(29)60-40(30)56)41(57)61-46-38(54)27(3)45(59)32(43(46,6)42(46,4)5)21-28(25-51)24-44(58)33(45)20-26(2)37(44)53/h20-23,27,32-33,38,51-52,54,58-59H,7-19,24-25H2,1-6H3,(H,49,55)/t27-,32+,33-,38-,43-,44-,45-,46-/m1/s1. The highest BCUT2D eigenvalue weighted by Crippen LogP contribution is 2.84. The first-order valence-electron chi connectivity index (χ1n) is 21.8. The number of hydrogen-bond acceptors (Lipinski definition) is 11. The number of nitrogens with zero attached hydrogens (tertiary/aromatic N) is 1. The third-order valence-corrected chi connectivity index (χ3v) is 15.1. The Kier molecular flexibility index (Phi) is 13.0. The van der Waals surface area contributed by atoms with Crippen molar-refractivity contribution in [3.8, 4) is 5.75 Å². The summed E-state index contributed by atoms with van der Waals surface area (Å²) in [5.74, 6) is -7.84. The zero-order valence-corrected chi connectivity index (χ0v) is 36.1. The molecule has 336 valence electrons. The topological polar surface area (TPSA) is 207 Å². The lowest BCUT2D eigenvalue weighted by Crippen LogP contribution is -2.67. The van der Waals surface area contributed by atoms with Crippen molar-refractivity contribution < 1.29 is 57.9 Å². The number of aliphatic hydroxyl groups excluding tert-OH is 2. The van der Waals surface area contributed by atoms with Gasteiger partial charge in [-0.25, -0.2) is 14.0 Å². The zero-order chi connectivity index (χ0) is 44.9. The molecule has 0 aliphatic heterocycles. The lowest BCUT2D eigenvalue weighted by molar-refractivity contribution is -0.223. The van der Waals surface area contributed by atoms with Crippen LogP contribution in [0.2, 0.25) is 0 Å². The normalized spacial score (nSPS) is 31.0. The maximum Gasteiger partial charge on any atom is 0.410 e. The number of hydrogen-bond donors (Lipinski definition) is 6. The second-order valence-corrected chi connectivity index (χ2v) is 18.5. The van der Waals surface area contributed by atoms with E-state index in [1.807, 2.05) is 27.7 Å². The number of phenols is 1. The van der Waals surface area contributed by atoms with Crippen molar-refractivity contribution in [1.29, 1.82) is 0 Å². The number of amides is 2. The Morgan fingerprint density at radius 2 is 1.56 bits per heavy atom. The average Bonchev–Trinajstić information content (AvgIpc) is 3.54. The lowest BCUT2D eigenvalue weighted by atomic mass is 9.55. The monoisotopic (exact) mass is 856 g/mol. The molecule has 0 bridgehead atoms. The van der Waals surface area contributed by atoms with Crippen LogP contribution in [0.25, 0.3) is 11.0 Å². The van der Waals surface area contributed by atoms with Gasteiger partial charge in [0, 0.05) is 60.0 Å². The molecular weight excluding hydrogens is 795 g/mol. The van der Waals surface area contributed by atoms with Crippen molar-refractivity contribution in [3.05, 3.63) is 63.0 Å². The number of carbonyl (C=O) groups is 3. The third-order valence-electron chi connectivity index (χ3n) is 15.1. The highest BCUT2D eigenvalue weighted by atomic mass is 19.1. The Morgan fingerprint density at radius 3 is 2.16 bits per heavy atom. The first kappa shape index (κ1) is 46.3. The summed E-state index contributed by atoms with van der Waals surface area (Å²) in [6, 6.07) is 1.83. The number of Topliss-reactive ketones (excluding diaryl/α,β-unsaturated/α-hetero) is 1. The number of carbonyl (C=O) groups excluding carboxylic acids is 3. The number of halogens is 2.